The molecule has 0 saturated heterocycles. The number of nitrogens with zero attached hydrogens (tertiary/aromatic N) is 2. The average Bonchev–Trinajstić information content (AvgIpc) is 2.69. The smallest absolute Gasteiger partial charge is 0.267 e. The van der Waals surface area contributed by atoms with Crippen molar-refractivity contribution in [3.05, 3.63) is 40.3 Å². The van der Waals surface area contributed by atoms with Crippen LogP contribution in [0.15, 0.2) is 39.1 Å². The lowest BCUT2D eigenvalue weighted by Gasteiger charge is -2.10. The molecule has 2 aromatic rings. The minimum Gasteiger partial charge on any atom is -0.267 e. The Hall–Kier alpha value is -1.70. The molecule has 0 unspecified atom stereocenters. The molecule has 0 aliphatic heterocycles. The molecule has 108 valence electrons. The van der Waals surface area contributed by atoms with Gasteiger partial charge in [-0.2, -0.15) is 13.2 Å². The van der Waals surface area contributed by atoms with Crippen LogP contribution in [0.5, 0.6) is 0 Å². The first-order valence-corrected chi connectivity index (χ1v) is 6.62. The Morgan fingerprint density at radius 3 is 2.65 bits per heavy atom. The van der Waals surface area contributed by atoms with Crippen molar-refractivity contribution in [1.29, 1.82) is 0 Å². The molecule has 0 aliphatic rings. The van der Waals surface area contributed by atoms with Gasteiger partial charge in [0.15, 0.2) is 5.16 Å². The summed E-state index contributed by atoms with van der Waals surface area (Å²) in [4.78, 5) is 11.9. The van der Waals surface area contributed by atoms with E-state index in [0.29, 0.717) is 10.1 Å². The fraction of sp³-hybridized carbons (Fsp3) is 0.333. The zero-order chi connectivity index (χ0) is 14.9. The van der Waals surface area contributed by atoms with E-state index in [1.165, 1.54) is 10.6 Å². The van der Waals surface area contributed by atoms with Gasteiger partial charge in [-0.3, -0.25) is 4.57 Å². The summed E-state index contributed by atoms with van der Waals surface area (Å²) in [5.74, 6) is 0. The first-order chi connectivity index (χ1) is 9.29. The van der Waals surface area contributed by atoms with Gasteiger partial charge in [0, 0.05) is 10.9 Å². The van der Waals surface area contributed by atoms with Gasteiger partial charge in [0.25, 0.3) is 0 Å². The van der Waals surface area contributed by atoms with Crippen molar-refractivity contribution in [3.63, 3.8) is 0 Å². The van der Waals surface area contributed by atoms with Gasteiger partial charge in [0.05, 0.1) is 5.56 Å². The molecule has 2 rings (SSSR count). The zero-order valence-electron chi connectivity index (χ0n) is 10.7. The van der Waals surface area contributed by atoms with E-state index in [1.54, 1.807) is 19.9 Å². The standard InChI is InChI=1S/C12H12F3N3OS/c1-7(2)18-10(19)16-17-11(18)20-9-5-3-4-8(6-9)12(13,14)15/h3-7H,1-2H3,(H,16,19). The van der Waals surface area contributed by atoms with Gasteiger partial charge in [0.1, 0.15) is 0 Å². The van der Waals surface area contributed by atoms with E-state index in [0.717, 1.165) is 23.9 Å². The van der Waals surface area contributed by atoms with Crippen LogP contribution in [0.3, 0.4) is 0 Å². The predicted octanol–water partition coefficient (Wildman–Crippen LogP) is 3.32. The summed E-state index contributed by atoms with van der Waals surface area (Å²) in [5, 5.41) is 6.47. The molecule has 1 heterocycles. The highest BCUT2D eigenvalue weighted by molar-refractivity contribution is 7.99. The number of halogens is 3. The maximum atomic E-state index is 12.6. The van der Waals surface area contributed by atoms with Crippen molar-refractivity contribution in [3.8, 4) is 0 Å². The number of benzene rings is 1. The fourth-order valence-corrected chi connectivity index (χ4v) is 2.69. The van der Waals surface area contributed by atoms with Crippen molar-refractivity contribution < 1.29 is 13.2 Å². The Bertz CT molecular complexity index is 660. The molecule has 0 fully saturated rings. The molecular weight excluding hydrogens is 291 g/mol. The van der Waals surface area contributed by atoms with Gasteiger partial charge in [0.2, 0.25) is 0 Å². The van der Waals surface area contributed by atoms with Gasteiger partial charge >= 0.3 is 11.9 Å². The van der Waals surface area contributed by atoms with E-state index < -0.39 is 11.7 Å². The highest BCUT2D eigenvalue weighted by atomic mass is 32.2. The molecule has 0 amide bonds. The second-order valence-corrected chi connectivity index (χ2v) is 5.44. The van der Waals surface area contributed by atoms with Crippen LogP contribution in [0.25, 0.3) is 0 Å². The molecule has 1 aromatic carbocycles. The maximum absolute atomic E-state index is 12.6. The molecule has 8 heteroatoms. The lowest BCUT2D eigenvalue weighted by atomic mass is 10.2. The number of hydrogen-bond acceptors (Lipinski definition) is 3. The van der Waals surface area contributed by atoms with Crippen LogP contribution < -0.4 is 5.69 Å². The Balaban J connectivity index is 2.34. The van der Waals surface area contributed by atoms with Gasteiger partial charge < -0.3 is 0 Å². The number of H-pyrrole nitrogens is 1. The molecule has 0 bridgehead atoms. The average molecular weight is 303 g/mol. The second-order valence-electron chi connectivity index (χ2n) is 4.40. The summed E-state index contributed by atoms with van der Waals surface area (Å²) < 4.78 is 39.3. The van der Waals surface area contributed by atoms with E-state index in [4.69, 9.17) is 0 Å². The maximum Gasteiger partial charge on any atom is 0.416 e. The van der Waals surface area contributed by atoms with Crippen LogP contribution in [0, 0.1) is 0 Å². The van der Waals surface area contributed by atoms with Crippen molar-refractivity contribution in [2.45, 2.75) is 36.1 Å². The fourth-order valence-electron chi connectivity index (χ4n) is 1.66. The molecule has 0 radical (unpaired) electrons. The summed E-state index contributed by atoms with van der Waals surface area (Å²) in [7, 11) is 0. The molecular formula is C12H12F3N3OS. The van der Waals surface area contributed by atoms with Crippen molar-refractivity contribution >= 4 is 11.8 Å². The van der Waals surface area contributed by atoms with E-state index in [2.05, 4.69) is 10.2 Å². The third-order valence-corrected chi connectivity index (χ3v) is 3.52. The Morgan fingerprint density at radius 1 is 1.35 bits per heavy atom. The lowest BCUT2D eigenvalue weighted by molar-refractivity contribution is -0.137. The summed E-state index contributed by atoms with van der Waals surface area (Å²) in [5.41, 5.74) is -1.11. The Labute approximate surface area is 117 Å². The summed E-state index contributed by atoms with van der Waals surface area (Å²) in [6, 6.07) is 4.78. The highest BCUT2D eigenvalue weighted by Crippen LogP contribution is 2.33. The quantitative estimate of drug-likeness (QED) is 0.946. The van der Waals surface area contributed by atoms with Gasteiger partial charge in [-0.15, -0.1) is 5.10 Å². The number of rotatable bonds is 3. The normalized spacial score (nSPS) is 12.1. The number of hydrogen-bond donors (Lipinski definition) is 1. The number of nitrogens with one attached hydrogen (secondary N) is 1. The van der Waals surface area contributed by atoms with Gasteiger partial charge in [-0.1, -0.05) is 6.07 Å². The third kappa shape index (κ3) is 3.06. The van der Waals surface area contributed by atoms with Crippen molar-refractivity contribution in [2.24, 2.45) is 0 Å². The monoisotopic (exact) mass is 303 g/mol. The van der Waals surface area contributed by atoms with Crippen LogP contribution in [0.2, 0.25) is 0 Å². The summed E-state index contributed by atoms with van der Waals surface area (Å²) >= 11 is 1.01. The largest absolute Gasteiger partial charge is 0.416 e. The van der Waals surface area contributed by atoms with Crippen molar-refractivity contribution in [1.82, 2.24) is 14.8 Å². The molecule has 0 aliphatic carbocycles. The Morgan fingerprint density at radius 2 is 2.05 bits per heavy atom. The van der Waals surface area contributed by atoms with Crippen LogP contribution in [-0.4, -0.2) is 14.8 Å². The zero-order valence-corrected chi connectivity index (χ0v) is 11.5. The van der Waals surface area contributed by atoms with Crippen molar-refractivity contribution in [2.75, 3.05) is 0 Å². The molecule has 0 atom stereocenters. The third-order valence-electron chi connectivity index (χ3n) is 2.56. The van der Waals surface area contributed by atoms with Crippen LogP contribution in [-0.2, 0) is 6.18 Å². The molecule has 20 heavy (non-hydrogen) atoms. The minimum atomic E-state index is -4.39. The second kappa shape index (κ2) is 5.35. The van der Waals surface area contributed by atoms with E-state index in [-0.39, 0.29) is 11.7 Å². The summed E-state index contributed by atoms with van der Waals surface area (Å²) in [6.07, 6.45) is -4.39. The first-order valence-electron chi connectivity index (χ1n) is 5.81. The van der Waals surface area contributed by atoms with E-state index in [9.17, 15) is 18.0 Å². The van der Waals surface area contributed by atoms with E-state index in [1.807, 2.05) is 0 Å². The molecule has 0 spiro atoms. The number of aromatic amines is 1. The van der Waals surface area contributed by atoms with Gasteiger partial charge in [-0.25, -0.2) is 9.89 Å². The lowest BCUT2D eigenvalue weighted by Crippen LogP contribution is -2.19. The topological polar surface area (TPSA) is 50.7 Å². The molecule has 0 saturated carbocycles. The highest BCUT2D eigenvalue weighted by Gasteiger charge is 2.30. The van der Waals surface area contributed by atoms with Crippen LogP contribution in [0.4, 0.5) is 13.2 Å². The van der Waals surface area contributed by atoms with E-state index >= 15 is 0 Å². The van der Waals surface area contributed by atoms with Gasteiger partial charge in [-0.05, 0) is 43.8 Å². The first kappa shape index (κ1) is 14.7. The minimum absolute atomic E-state index is 0.130. The SMILES string of the molecule is CC(C)n1c(Sc2cccc(C(F)(F)F)c2)n[nH]c1=O. The summed E-state index contributed by atoms with van der Waals surface area (Å²) in [6.45, 7) is 3.60. The molecule has 4 nitrogen and oxygen atoms in total. The molecule has 1 N–H and O–H groups in total. The van der Waals surface area contributed by atoms with Crippen LogP contribution in [0.1, 0.15) is 25.5 Å². The predicted molar refractivity (Wildman–Crippen MR) is 68.8 cm³/mol. The van der Waals surface area contributed by atoms with Crippen LogP contribution >= 0.6 is 11.8 Å². The molecule has 1 aromatic heterocycles. The Kier molecular flexibility index (Phi) is 3.94. The number of alkyl halides is 3. The number of aromatic nitrogens is 3.